The first kappa shape index (κ1) is 15.9. The van der Waals surface area contributed by atoms with E-state index in [0.717, 1.165) is 34.5 Å². The lowest BCUT2D eigenvalue weighted by Gasteiger charge is -2.13. The predicted molar refractivity (Wildman–Crippen MR) is 89.3 cm³/mol. The fraction of sp³-hybridized carbons (Fsp3) is 0.375. The summed E-state index contributed by atoms with van der Waals surface area (Å²) >= 11 is 3.62. The van der Waals surface area contributed by atoms with E-state index in [1.807, 2.05) is 37.3 Å². The van der Waals surface area contributed by atoms with Gasteiger partial charge >= 0.3 is 0 Å². The van der Waals surface area contributed by atoms with Crippen molar-refractivity contribution in [2.24, 2.45) is 0 Å². The lowest BCUT2D eigenvalue weighted by molar-refractivity contribution is 0.128. The standard InChI is InChI=1S/C16H20BrN3O/c1-3-10-18-16-14(17)15(12-8-6-5-7-9-12)19-13(20-16)11-21-4-2/h5-9H,3-4,10-11H2,1-2H3,(H,18,19,20). The minimum atomic E-state index is 0.421. The molecule has 0 spiro atoms. The van der Waals surface area contributed by atoms with Gasteiger partial charge in [0, 0.05) is 18.7 Å². The van der Waals surface area contributed by atoms with Crippen LogP contribution in [0.2, 0.25) is 0 Å². The molecule has 1 aromatic carbocycles. The fourth-order valence-electron chi connectivity index (χ4n) is 1.90. The fourth-order valence-corrected chi connectivity index (χ4v) is 2.45. The molecule has 1 heterocycles. The van der Waals surface area contributed by atoms with Gasteiger partial charge in [-0.3, -0.25) is 0 Å². The Labute approximate surface area is 134 Å². The van der Waals surface area contributed by atoms with Crippen LogP contribution in [0, 0.1) is 0 Å². The first-order valence-electron chi connectivity index (χ1n) is 7.19. The molecule has 0 aliphatic rings. The maximum absolute atomic E-state index is 5.44. The second kappa shape index (κ2) is 8.10. The van der Waals surface area contributed by atoms with Crippen molar-refractivity contribution in [2.75, 3.05) is 18.5 Å². The number of nitrogens with one attached hydrogen (secondary N) is 1. The van der Waals surface area contributed by atoms with E-state index in [1.165, 1.54) is 0 Å². The van der Waals surface area contributed by atoms with Crippen LogP contribution in [-0.2, 0) is 11.3 Å². The lowest BCUT2D eigenvalue weighted by atomic mass is 10.1. The van der Waals surface area contributed by atoms with E-state index in [4.69, 9.17) is 4.74 Å². The van der Waals surface area contributed by atoms with E-state index in [2.05, 4.69) is 38.1 Å². The van der Waals surface area contributed by atoms with E-state index < -0.39 is 0 Å². The van der Waals surface area contributed by atoms with Crippen LogP contribution >= 0.6 is 15.9 Å². The van der Waals surface area contributed by atoms with E-state index in [9.17, 15) is 0 Å². The number of nitrogens with zero attached hydrogens (tertiary/aromatic N) is 2. The molecule has 5 heteroatoms. The molecule has 0 radical (unpaired) electrons. The van der Waals surface area contributed by atoms with E-state index >= 15 is 0 Å². The third-order valence-electron chi connectivity index (χ3n) is 2.92. The Hall–Kier alpha value is -1.46. The monoisotopic (exact) mass is 349 g/mol. The number of halogens is 1. The Kier molecular flexibility index (Phi) is 6.14. The van der Waals surface area contributed by atoms with Crippen LogP contribution in [0.3, 0.4) is 0 Å². The molecule has 2 rings (SSSR count). The highest BCUT2D eigenvalue weighted by Crippen LogP contribution is 2.31. The second-order valence-corrected chi connectivity index (χ2v) is 5.37. The van der Waals surface area contributed by atoms with Gasteiger partial charge in [-0.05, 0) is 29.3 Å². The molecule has 0 aliphatic carbocycles. The Morgan fingerprint density at radius 1 is 1.14 bits per heavy atom. The molecular weight excluding hydrogens is 330 g/mol. The first-order chi connectivity index (χ1) is 10.3. The molecule has 0 amide bonds. The zero-order valence-corrected chi connectivity index (χ0v) is 14.0. The molecule has 0 aliphatic heterocycles. The number of aromatic nitrogens is 2. The lowest BCUT2D eigenvalue weighted by Crippen LogP contribution is -2.08. The second-order valence-electron chi connectivity index (χ2n) is 4.58. The molecule has 2 aromatic rings. The van der Waals surface area contributed by atoms with Gasteiger partial charge in [0.2, 0.25) is 0 Å². The van der Waals surface area contributed by atoms with Gasteiger partial charge in [-0.1, -0.05) is 37.3 Å². The van der Waals surface area contributed by atoms with Crippen molar-refractivity contribution in [1.82, 2.24) is 9.97 Å². The average molecular weight is 350 g/mol. The molecule has 1 aromatic heterocycles. The van der Waals surface area contributed by atoms with Crippen LogP contribution in [0.15, 0.2) is 34.8 Å². The number of rotatable bonds is 7. The minimum Gasteiger partial charge on any atom is -0.374 e. The summed E-state index contributed by atoms with van der Waals surface area (Å²) in [7, 11) is 0. The van der Waals surface area contributed by atoms with Crippen LogP contribution in [-0.4, -0.2) is 23.1 Å². The maximum atomic E-state index is 5.44. The van der Waals surface area contributed by atoms with Crippen molar-refractivity contribution in [1.29, 1.82) is 0 Å². The van der Waals surface area contributed by atoms with Crippen LogP contribution in [0.25, 0.3) is 11.3 Å². The summed E-state index contributed by atoms with van der Waals surface area (Å²) in [6, 6.07) is 10.1. The van der Waals surface area contributed by atoms with Gasteiger partial charge in [0.25, 0.3) is 0 Å². The zero-order chi connectivity index (χ0) is 15.1. The molecule has 1 N–H and O–H groups in total. The first-order valence-corrected chi connectivity index (χ1v) is 7.99. The van der Waals surface area contributed by atoms with Crippen molar-refractivity contribution in [3.05, 3.63) is 40.6 Å². The molecule has 21 heavy (non-hydrogen) atoms. The predicted octanol–water partition coefficient (Wildman–Crippen LogP) is 4.26. The summed E-state index contributed by atoms with van der Waals surface area (Å²) in [6.07, 6.45) is 1.04. The topological polar surface area (TPSA) is 47.0 Å². The summed E-state index contributed by atoms with van der Waals surface area (Å²) in [5.41, 5.74) is 1.95. The van der Waals surface area contributed by atoms with Gasteiger partial charge < -0.3 is 10.1 Å². The summed E-state index contributed by atoms with van der Waals surface area (Å²) in [5, 5.41) is 3.34. The quantitative estimate of drug-likeness (QED) is 0.810. The molecule has 0 fully saturated rings. The third kappa shape index (κ3) is 4.25. The van der Waals surface area contributed by atoms with Crippen molar-refractivity contribution in [2.45, 2.75) is 26.9 Å². The Bertz CT molecular complexity index is 575. The van der Waals surface area contributed by atoms with Crippen molar-refractivity contribution < 1.29 is 4.74 Å². The molecule has 0 unspecified atom stereocenters. The Morgan fingerprint density at radius 2 is 1.90 bits per heavy atom. The number of hydrogen-bond donors (Lipinski definition) is 1. The number of hydrogen-bond acceptors (Lipinski definition) is 4. The highest BCUT2D eigenvalue weighted by atomic mass is 79.9. The van der Waals surface area contributed by atoms with E-state index in [0.29, 0.717) is 19.0 Å². The Balaban J connectivity index is 2.41. The average Bonchev–Trinajstić information content (AvgIpc) is 2.53. The normalized spacial score (nSPS) is 10.6. The number of anilines is 1. The van der Waals surface area contributed by atoms with Gasteiger partial charge in [-0.15, -0.1) is 0 Å². The van der Waals surface area contributed by atoms with E-state index in [-0.39, 0.29) is 0 Å². The summed E-state index contributed by atoms with van der Waals surface area (Å²) in [4.78, 5) is 9.17. The highest BCUT2D eigenvalue weighted by Gasteiger charge is 2.13. The molecule has 0 saturated carbocycles. The SMILES string of the molecule is CCCNc1nc(COCC)nc(-c2ccccc2)c1Br. The summed E-state index contributed by atoms with van der Waals surface area (Å²) < 4.78 is 6.33. The van der Waals surface area contributed by atoms with Crippen LogP contribution in [0.1, 0.15) is 26.1 Å². The van der Waals surface area contributed by atoms with Crippen molar-refractivity contribution in [3.63, 3.8) is 0 Å². The van der Waals surface area contributed by atoms with Gasteiger partial charge in [0.15, 0.2) is 5.82 Å². The van der Waals surface area contributed by atoms with Crippen molar-refractivity contribution >= 4 is 21.7 Å². The largest absolute Gasteiger partial charge is 0.374 e. The smallest absolute Gasteiger partial charge is 0.157 e. The highest BCUT2D eigenvalue weighted by molar-refractivity contribution is 9.10. The Morgan fingerprint density at radius 3 is 2.57 bits per heavy atom. The molecular formula is C16H20BrN3O. The van der Waals surface area contributed by atoms with Gasteiger partial charge in [0.05, 0.1) is 10.2 Å². The van der Waals surface area contributed by atoms with Crippen molar-refractivity contribution in [3.8, 4) is 11.3 Å². The molecule has 4 nitrogen and oxygen atoms in total. The van der Waals surface area contributed by atoms with Gasteiger partial charge in [-0.25, -0.2) is 9.97 Å². The molecule has 112 valence electrons. The van der Waals surface area contributed by atoms with Crippen LogP contribution < -0.4 is 5.32 Å². The van der Waals surface area contributed by atoms with Gasteiger partial charge in [-0.2, -0.15) is 0 Å². The minimum absolute atomic E-state index is 0.421. The maximum Gasteiger partial charge on any atom is 0.157 e. The summed E-state index contributed by atoms with van der Waals surface area (Å²) in [5.74, 6) is 1.51. The number of ether oxygens (including phenoxy) is 1. The number of benzene rings is 1. The van der Waals surface area contributed by atoms with Crippen LogP contribution in [0.5, 0.6) is 0 Å². The van der Waals surface area contributed by atoms with Crippen LogP contribution in [0.4, 0.5) is 5.82 Å². The zero-order valence-electron chi connectivity index (χ0n) is 12.4. The van der Waals surface area contributed by atoms with E-state index in [1.54, 1.807) is 0 Å². The molecule has 0 atom stereocenters. The summed E-state index contributed by atoms with van der Waals surface area (Å²) in [6.45, 7) is 6.04. The molecule has 0 bridgehead atoms. The third-order valence-corrected chi connectivity index (χ3v) is 3.67. The molecule has 0 saturated heterocycles. The van der Waals surface area contributed by atoms with Gasteiger partial charge in [0.1, 0.15) is 12.4 Å².